The molecule has 2 heterocycles. The van der Waals surface area contributed by atoms with E-state index in [1.807, 2.05) is 61.5 Å². The fourth-order valence-corrected chi connectivity index (χ4v) is 4.80. The number of ether oxygens (including phenoxy) is 2. The van der Waals surface area contributed by atoms with E-state index in [9.17, 15) is 15.0 Å². The molecule has 4 N–H and O–H groups in total. The topological polar surface area (TPSA) is 112 Å². The van der Waals surface area contributed by atoms with E-state index in [4.69, 9.17) is 9.47 Å². The lowest BCUT2D eigenvalue weighted by atomic mass is 9.97. The molecule has 0 aromatic heterocycles. The van der Waals surface area contributed by atoms with Gasteiger partial charge in [-0.25, -0.2) is 0 Å². The molecule has 2 aliphatic heterocycles. The quantitative estimate of drug-likeness (QED) is 0.500. The number of hydrogen-bond acceptors (Lipinski definition) is 7. The van der Waals surface area contributed by atoms with Crippen LogP contribution in [0.15, 0.2) is 59.6 Å². The summed E-state index contributed by atoms with van der Waals surface area (Å²) in [4.78, 5) is 16.9. The Bertz CT molecular complexity index is 940. The highest BCUT2D eigenvalue weighted by Crippen LogP contribution is 2.34. The molecule has 0 aliphatic carbocycles. The number of aliphatic imine (C=N–C) groups is 1. The predicted molar refractivity (Wildman–Crippen MR) is 123 cm³/mol. The minimum Gasteiger partial charge on any atom is -0.457 e. The molecule has 2 aliphatic rings. The molecule has 0 spiro atoms. The lowest BCUT2D eigenvalue weighted by molar-refractivity contribution is -0.172. The summed E-state index contributed by atoms with van der Waals surface area (Å²) in [6.07, 6.45) is -2.97. The largest absolute Gasteiger partial charge is 0.457 e. The van der Waals surface area contributed by atoms with Crippen LogP contribution < -0.4 is 15.4 Å². The zero-order valence-electron chi connectivity index (χ0n) is 17.7. The summed E-state index contributed by atoms with van der Waals surface area (Å²) in [6, 6.07) is 16.7. The van der Waals surface area contributed by atoms with Gasteiger partial charge in [0.2, 0.25) is 0 Å². The zero-order chi connectivity index (χ0) is 22.5. The van der Waals surface area contributed by atoms with Gasteiger partial charge in [-0.2, -0.15) is 0 Å². The average Bonchev–Trinajstić information content (AvgIpc) is 3.21. The first-order chi connectivity index (χ1) is 15.5. The van der Waals surface area contributed by atoms with Crippen LogP contribution in [0.1, 0.15) is 12.5 Å². The van der Waals surface area contributed by atoms with Crippen molar-refractivity contribution in [2.45, 2.75) is 43.1 Å². The van der Waals surface area contributed by atoms with Gasteiger partial charge in [0.1, 0.15) is 29.1 Å². The molecular formula is C23H27N3O5S. The molecule has 0 saturated carbocycles. The summed E-state index contributed by atoms with van der Waals surface area (Å²) in [5, 5.41) is 27.3. The molecule has 2 aromatic carbocycles. The number of aliphatic hydroxyl groups excluding tert-OH is 2. The number of thioether (sulfide) groups is 1. The highest BCUT2D eigenvalue weighted by Gasteiger charge is 2.51. The second kappa shape index (κ2) is 10.4. The van der Waals surface area contributed by atoms with Gasteiger partial charge in [-0.3, -0.25) is 9.79 Å². The average molecular weight is 458 g/mol. The minimum absolute atomic E-state index is 0.377. The molecule has 1 unspecified atom stereocenters. The van der Waals surface area contributed by atoms with Crippen LogP contribution in [-0.2, 0) is 16.0 Å². The molecule has 2 fully saturated rings. The van der Waals surface area contributed by atoms with Crippen molar-refractivity contribution in [2.75, 3.05) is 13.1 Å². The molecule has 1 amide bonds. The summed E-state index contributed by atoms with van der Waals surface area (Å²) in [7, 11) is 0. The van der Waals surface area contributed by atoms with Crippen molar-refractivity contribution in [2.24, 2.45) is 4.99 Å². The number of para-hydroxylation sites is 1. The van der Waals surface area contributed by atoms with E-state index in [1.165, 1.54) is 11.8 Å². The SMILES string of the molecule is CCN=C1N[C@@H]2C(O)[C@H](O)[C@@H](C(=O)NCCc3ccc(Oc4ccccc4)cc3)O[C@@H]2S1. The Morgan fingerprint density at radius 1 is 1.12 bits per heavy atom. The highest BCUT2D eigenvalue weighted by atomic mass is 32.2. The number of nitrogens with one attached hydrogen (secondary N) is 2. The Labute approximate surface area is 191 Å². The normalized spacial score (nSPS) is 28.1. The maximum Gasteiger partial charge on any atom is 0.252 e. The Morgan fingerprint density at radius 2 is 1.84 bits per heavy atom. The number of benzene rings is 2. The zero-order valence-corrected chi connectivity index (χ0v) is 18.5. The lowest BCUT2D eigenvalue weighted by Crippen LogP contribution is -2.62. The summed E-state index contributed by atoms with van der Waals surface area (Å²) in [5.74, 6) is 1.06. The van der Waals surface area contributed by atoms with Crippen molar-refractivity contribution in [1.82, 2.24) is 10.6 Å². The number of aliphatic hydroxyl groups is 2. The fraction of sp³-hybridized carbons (Fsp3) is 0.391. The molecule has 9 heteroatoms. The van der Waals surface area contributed by atoms with E-state index >= 15 is 0 Å². The van der Waals surface area contributed by atoms with Crippen molar-refractivity contribution >= 4 is 22.8 Å². The minimum atomic E-state index is -1.32. The number of amidine groups is 1. The summed E-state index contributed by atoms with van der Waals surface area (Å²) >= 11 is 1.32. The second-order valence-corrected chi connectivity index (χ2v) is 8.66. The monoisotopic (exact) mass is 457 g/mol. The number of carbonyl (C=O) groups is 1. The van der Waals surface area contributed by atoms with Crippen LogP contribution >= 0.6 is 11.8 Å². The van der Waals surface area contributed by atoms with E-state index < -0.39 is 35.7 Å². The van der Waals surface area contributed by atoms with E-state index in [0.717, 1.165) is 17.1 Å². The maximum absolute atomic E-state index is 12.6. The van der Waals surface area contributed by atoms with Gasteiger partial charge in [0.05, 0.1) is 6.04 Å². The number of hydrogen-bond donors (Lipinski definition) is 4. The number of nitrogens with zero attached hydrogens (tertiary/aromatic N) is 1. The van der Waals surface area contributed by atoms with Crippen LogP contribution in [0.25, 0.3) is 0 Å². The second-order valence-electron chi connectivity index (χ2n) is 7.57. The van der Waals surface area contributed by atoms with E-state index in [1.54, 1.807) is 0 Å². The van der Waals surface area contributed by atoms with Gasteiger partial charge in [-0.1, -0.05) is 42.1 Å². The van der Waals surface area contributed by atoms with Crippen molar-refractivity contribution in [3.05, 3.63) is 60.2 Å². The van der Waals surface area contributed by atoms with Gasteiger partial charge in [-0.15, -0.1) is 0 Å². The number of fused-ring (bicyclic) bond motifs is 1. The van der Waals surface area contributed by atoms with Crippen LogP contribution in [0.4, 0.5) is 0 Å². The standard InChI is InChI=1S/C23H27N3O5S/c1-2-24-23-26-17-18(27)19(28)20(31-22(17)32-23)21(29)25-13-12-14-8-10-16(11-9-14)30-15-6-4-3-5-7-15/h3-11,17-20,22,27-28H,2,12-13H2,1H3,(H,24,26)(H,25,29)/t17-,18?,19+,20+,22-/m1/s1. The van der Waals surface area contributed by atoms with E-state index in [-0.39, 0.29) is 0 Å². The lowest BCUT2D eigenvalue weighted by Gasteiger charge is -2.38. The third kappa shape index (κ3) is 5.24. The molecule has 5 atom stereocenters. The molecule has 0 radical (unpaired) electrons. The van der Waals surface area contributed by atoms with Gasteiger partial charge < -0.3 is 30.3 Å². The predicted octanol–water partition coefficient (Wildman–Crippen LogP) is 1.67. The molecule has 8 nitrogen and oxygen atoms in total. The molecule has 4 rings (SSSR count). The Kier molecular flexibility index (Phi) is 7.31. The van der Waals surface area contributed by atoms with E-state index in [2.05, 4.69) is 15.6 Å². The van der Waals surface area contributed by atoms with Gasteiger partial charge in [0, 0.05) is 13.1 Å². The van der Waals surface area contributed by atoms with Crippen LogP contribution in [-0.4, -0.2) is 64.2 Å². The Hall–Kier alpha value is -2.59. The summed E-state index contributed by atoms with van der Waals surface area (Å²) in [6.45, 7) is 2.88. The molecule has 2 aromatic rings. The molecule has 0 bridgehead atoms. The Balaban J connectivity index is 1.27. The summed E-state index contributed by atoms with van der Waals surface area (Å²) < 4.78 is 11.6. The maximum atomic E-state index is 12.6. The highest BCUT2D eigenvalue weighted by molar-refractivity contribution is 8.14. The van der Waals surface area contributed by atoms with Gasteiger partial charge in [0.25, 0.3) is 5.91 Å². The molecule has 170 valence electrons. The first kappa shape index (κ1) is 22.6. The third-order valence-corrected chi connectivity index (χ3v) is 6.40. The van der Waals surface area contributed by atoms with Crippen LogP contribution in [0, 0.1) is 0 Å². The van der Waals surface area contributed by atoms with Crippen molar-refractivity contribution in [1.29, 1.82) is 0 Å². The van der Waals surface area contributed by atoms with Crippen molar-refractivity contribution in [3.63, 3.8) is 0 Å². The van der Waals surface area contributed by atoms with Gasteiger partial charge in [-0.05, 0) is 43.2 Å². The Morgan fingerprint density at radius 3 is 2.56 bits per heavy atom. The van der Waals surface area contributed by atoms with E-state index in [0.29, 0.717) is 24.7 Å². The molecular weight excluding hydrogens is 430 g/mol. The van der Waals surface area contributed by atoms with Crippen molar-refractivity contribution in [3.8, 4) is 11.5 Å². The summed E-state index contributed by atoms with van der Waals surface area (Å²) in [5.41, 5.74) is 0.554. The first-order valence-corrected chi connectivity index (χ1v) is 11.5. The molecule has 2 saturated heterocycles. The third-order valence-electron chi connectivity index (χ3n) is 5.30. The van der Waals surface area contributed by atoms with Crippen molar-refractivity contribution < 1.29 is 24.5 Å². The number of rotatable bonds is 7. The van der Waals surface area contributed by atoms with Gasteiger partial charge in [0.15, 0.2) is 11.3 Å². The first-order valence-electron chi connectivity index (χ1n) is 10.6. The van der Waals surface area contributed by atoms with Crippen LogP contribution in [0.5, 0.6) is 11.5 Å². The number of carbonyl (C=O) groups excluding carboxylic acids is 1. The fourth-order valence-electron chi connectivity index (χ4n) is 3.63. The van der Waals surface area contributed by atoms with Crippen LogP contribution in [0.3, 0.4) is 0 Å². The molecule has 32 heavy (non-hydrogen) atoms. The smallest absolute Gasteiger partial charge is 0.252 e. The van der Waals surface area contributed by atoms with Gasteiger partial charge >= 0.3 is 0 Å². The number of amides is 1. The van der Waals surface area contributed by atoms with Crippen LogP contribution in [0.2, 0.25) is 0 Å².